The third kappa shape index (κ3) is 3.96. The highest BCUT2D eigenvalue weighted by Crippen LogP contribution is 2.20. The molecule has 1 heterocycles. The van der Waals surface area contributed by atoms with Crippen molar-refractivity contribution in [3.8, 4) is 0 Å². The lowest BCUT2D eigenvalue weighted by Gasteiger charge is -2.20. The van der Waals surface area contributed by atoms with Crippen LogP contribution >= 0.6 is 0 Å². The van der Waals surface area contributed by atoms with E-state index >= 15 is 0 Å². The molecule has 1 saturated carbocycles. The van der Waals surface area contributed by atoms with Gasteiger partial charge in [0.25, 0.3) is 0 Å². The predicted octanol–water partition coefficient (Wildman–Crippen LogP) is 2.50. The molecule has 0 aromatic carbocycles. The molecular formula is C13H23NO. The van der Waals surface area contributed by atoms with Crippen molar-refractivity contribution >= 4 is 0 Å². The Morgan fingerprint density at radius 1 is 1.40 bits per heavy atom. The fourth-order valence-electron chi connectivity index (χ4n) is 2.10. The molecule has 2 rings (SSSR count). The van der Waals surface area contributed by atoms with Crippen molar-refractivity contribution < 1.29 is 4.74 Å². The monoisotopic (exact) mass is 209 g/mol. The zero-order valence-electron chi connectivity index (χ0n) is 9.80. The van der Waals surface area contributed by atoms with Crippen LogP contribution in [0.2, 0.25) is 0 Å². The lowest BCUT2D eigenvalue weighted by molar-refractivity contribution is 0.0707. The topological polar surface area (TPSA) is 21.3 Å². The SMILES string of the molecule is CC/C(=C\C1CCCOC1)CNC1CC1. The zero-order chi connectivity index (χ0) is 10.5. The minimum atomic E-state index is 0.676. The molecule has 1 saturated heterocycles. The average Bonchev–Trinajstić information content (AvgIpc) is 3.09. The minimum absolute atomic E-state index is 0.676. The molecule has 0 aromatic rings. The summed E-state index contributed by atoms with van der Waals surface area (Å²) in [6, 6.07) is 0.822. The maximum atomic E-state index is 5.50. The highest BCUT2D eigenvalue weighted by Gasteiger charge is 2.20. The van der Waals surface area contributed by atoms with E-state index in [1.165, 1.54) is 32.1 Å². The first-order valence-electron chi connectivity index (χ1n) is 6.39. The van der Waals surface area contributed by atoms with Gasteiger partial charge in [-0.3, -0.25) is 0 Å². The molecule has 1 unspecified atom stereocenters. The summed E-state index contributed by atoms with van der Waals surface area (Å²) in [7, 11) is 0. The van der Waals surface area contributed by atoms with Crippen LogP contribution in [-0.4, -0.2) is 25.8 Å². The van der Waals surface area contributed by atoms with Gasteiger partial charge in [-0.1, -0.05) is 18.6 Å². The van der Waals surface area contributed by atoms with E-state index in [2.05, 4.69) is 18.3 Å². The number of hydrogen-bond acceptors (Lipinski definition) is 2. The van der Waals surface area contributed by atoms with Gasteiger partial charge in [-0.05, 0) is 32.1 Å². The number of hydrogen-bond donors (Lipinski definition) is 1. The van der Waals surface area contributed by atoms with E-state index in [0.29, 0.717) is 5.92 Å². The molecule has 0 bridgehead atoms. The van der Waals surface area contributed by atoms with E-state index in [-0.39, 0.29) is 0 Å². The Kier molecular flexibility index (Phi) is 4.21. The van der Waals surface area contributed by atoms with E-state index in [0.717, 1.165) is 25.8 Å². The van der Waals surface area contributed by atoms with Gasteiger partial charge in [-0.2, -0.15) is 0 Å². The molecule has 1 atom stereocenters. The molecule has 0 amide bonds. The molecule has 0 radical (unpaired) electrons. The van der Waals surface area contributed by atoms with Gasteiger partial charge in [-0.25, -0.2) is 0 Å². The second-order valence-corrected chi connectivity index (χ2v) is 4.81. The molecule has 2 nitrogen and oxygen atoms in total. The van der Waals surface area contributed by atoms with Crippen molar-refractivity contribution in [2.45, 2.75) is 45.1 Å². The Morgan fingerprint density at radius 2 is 2.27 bits per heavy atom. The van der Waals surface area contributed by atoms with Crippen LogP contribution in [0.3, 0.4) is 0 Å². The van der Waals surface area contributed by atoms with Gasteiger partial charge in [0.15, 0.2) is 0 Å². The molecule has 86 valence electrons. The van der Waals surface area contributed by atoms with Crippen molar-refractivity contribution in [2.75, 3.05) is 19.8 Å². The maximum absolute atomic E-state index is 5.50. The summed E-state index contributed by atoms with van der Waals surface area (Å²) in [5, 5.41) is 3.59. The molecule has 15 heavy (non-hydrogen) atoms. The third-order valence-corrected chi connectivity index (χ3v) is 3.32. The first kappa shape index (κ1) is 11.2. The van der Waals surface area contributed by atoms with E-state index < -0.39 is 0 Å². The molecule has 1 aliphatic heterocycles. The smallest absolute Gasteiger partial charge is 0.0528 e. The van der Waals surface area contributed by atoms with Crippen molar-refractivity contribution in [1.82, 2.24) is 5.32 Å². The summed E-state index contributed by atoms with van der Waals surface area (Å²) < 4.78 is 5.50. The Hall–Kier alpha value is -0.340. The van der Waals surface area contributed by atoms with Gasteiger partial charge < -0.3 is 10.1 Å². The van der Waals surface area contributed by atoms with Crippen LogP contribution in [0, 0.1) is 5.92 Å². The highest BCUT2D eigenvalue weighted by molar-refractivity contribution is 5.07. The molecular weight excluding hydrogens is 186 g/mol. The van der Waals surface area contributed by atoms with Crippen LogP contribution in [0.4, 0.5) is 0 Å². The molecule has 2 fully saturated rings. The summed E-state index contributed by atoms with van der Waals surface area (Å²) in [5.41, 5.74) is 1.57. The average molecular weight is 209 g/mol. The van der Waals surface area contributed by atoms with E-state index in [1.807, 2.05) is 0 Å². The van der Waals surface area contributed by atoms with Gasteiger partial charge >= 0.3 is 0 Å². The second kappa shape index (κ2) is 5.66. The molecule has 0 spiro atoms. The Balaban J connectivity index is 1.76. The van der Waals surface area contributed by atoms with Crippen LogP contribution < -0.4 is 5.32 Å². The van der Waals surface area contributed by atoms with Gasteiger partial charge in [0.2, 0.25) is 0 Å². The number of nitrogens with one attached hydrogen (secondary N) is 1. The fourth-order valence-corrected chi connectivity index (χ4v) is 2.10. The van der Waals surface area contributed by atoms with E-state index in [9.17, 15) is 0 Å². The Labute approximate surface area is 93.1 Å². The Bertz CT molecular complexity index is 215. The number of rotatable bonds is 5. The van der Waals surface area contributed by atoms with Crippen LogP contribution in [0.25, 0.3) is 0 Å². The maximum Gasteiger partial charge on any atom is 0.0528 e. The first-order valence-corrected chi connectivity index (χ1v) is 6.39. The number of ether oxygens (including phenoxy) is 1. The molecule has 2 heteroatoms. The summed E-state index contributed by atoms with van der Waals surface area (Å²) in [5.74, 6) is 0.676. The van der Waals surface area contributed by atoms with E-state index in [4.69, 9.17) is 4.74 Å². The third-order valence-electron chi connectivity index (χ3n) is 3.32. The first-order chi connectivity index (χ1) is 7.38. The lowest BCUT2D eigenvalue weighted by atomic mass is 9.98. The minimum Gasteiger partial charge on any atom is -0.381 e. The highest BCUT2D eigenvalue weighted by atomic mass is 16.5. The molecule has 0 aromatic heterocycles. The zero-order valence-corrected chi connectivity index (χ0v) is 9.80. The van der Waals surface area contributed by atoms with Crippen molar-refractivity contribution in [2.24, 2.45) is 5.92 Å². The second-order valence-electron chi connectivity index (χ2n) is 4.81. The van der Waals surface area contributed by atoms with Gasteiger partial charge in [-0.15, -0.1) is 0 Å². The van der Waals surface area contributed by atoms with Crippen LogP contribution in [-0.2, 0) is 4.74 Å². The van der Waals surface area contributed by atoms with Crippen LogP contribution in [0.15, 0.2) is 11.6 Å². The van der Waals surface area contributed by atoms with Crippen molar-refractivity contribution in [3.63, 3.8) is 0 Å². The normalized spacial score (nSPS) is 28.1. The predicted molar refractivity (Wildman–Crippen MR) is 62.9 cm³/mol. The largest absolute Gasteiger partial charge is 0.381 e. The fraction of sp³-hybridized carbons (Fsp3) is 0.846. The standard InChI is InChI=1S/C13H23NO/c1-2-11(9-14-13-5-6-13)8-12-4-3-7-15-10-12/h8,12-14H,2-7,9-10H2,1H3/b11-8+. The van der Waals surface area contributed by atoms with Crippen LogP contribution in [0.1, 0.15) is 39.0 Å². The van der Waals surface area contributed by atoms with E-state index in [1.54, 1.807) is 5.57 Å². The summed E-state index contributed by atoms with van der Waals surface area (Å²) in [4.78, 5) is 0. The molecule has 1 aliphatic carbocycles. The van der Waals surface area contributed by atoms with Crippen molar-refractivity contribution in [1.29, 1.82) is 0 Å². The van der Waals surface area contributed by atoms with Crippen LogP contribution in [0.5, 0.6) is 0 Å². The molecule has 1 N–H and O–H groups in total. The quantitative estimate of drug-likeness (QED) is 0.702. The van der Waals surface area contributed by atoms with Crippen molar-refractivity contribution in [3.05, 3.63) is 11.6 Å². The molecule has 2 aliphatic rings. The van der Waals surface area contributed by atoms with Gasteiger partial charge in [0.05, 0.1) is 6.61 Å². The Morgan fingerprint density at radius 3 is 2.87 bits per heavy atom. The summed E-state index contributed by atoms with van der Waals surface area (Å²) >= 11 is 0. The van der Waals surface area contributed by atoms with Gasteiger partial charge in [0, 0.05) is 25.1 Å². The summed E-state index contributed by atoms with van der Waals surface area (Å²) in [6.07, 6.45) is 8.93. The summed E-state index contributed by atoms with van der Waals surface area (Å²) in [6.45, 7) is 5.25. The lowest BCUT2D eigenvalue weighted by Crippen LogP contribution is -2.21. The van der Waals surface area contributed by atoms with Gasteiger partial charge in [0.1, 0.15) is 0 Å².